The molecule has 0 radical (unpaired) electrons. The van der Waals surface area contributed by atoms with Gasteiger partial charge in [0.15, 0.2) is 0 Å². The summed E-state index contributed by atoms with van der Waals surface area (Å²) in [5, 5.41) is 3.08. The van der Waals surface area contributed by atoms with Gasteiger partial charge in [0.2, 0.25) is 5.88 Å². The summed E-state index contributed by atoms with van der Waals surface area (Å²) in [7, 11) is 1.90. The summed E-state index contributed by atoms with van der Waals surface area (Å²) in [6.07, 6.45) is 3.31. The summed E-state index contributed by atoms with van der Waals surface area (Å²) in [5.41, 5.74) is 0.995. The lowest BCUT2D eigenvalue weighted by atomic mass is 10.3. The van der Waals surface area contributed by atoms with Crippen LogP contribution >= 0.6 is 0 Å². The zero-order chi connectivity index (χ0) is 12.5. The lowest BCUT2D eigenvalue weighted by Gasteiger charge is -2.18. The lowest BCUT2D eigenvalue weighted by Crippen LogP contribution is -2.28. The Morgan fingerprint density at radius 2 is 2.12 bits per heavy atom. The van der Waals surface area contributed by atoms with E-state index in [1.807, 2.05) is 7.05 Å². The van der Waals surface area contributed by atoms with Gasteiger partial charge in [0.05, 0.1) is 0 Å². The monoisotopic (exact) mass is 238 g/mol. The van der Waals surface area contributed by atoms with E-state index in [9.17, 15) is 0 Å². The molecule has 0 saturated carbocycles. The molecule has 5 nitrogen and oxygen atoms in total. The largest absolute Gasteiger partial charge is 0.476 e. The van der Waals surface area contributed by atoms with Crippen molar-refractivity contribution >= 4 is 0 Å². The number of ether oxygens (including phenoxy) is 1. The molecule has 0 bridgehead atoms. The van der Waals surface area contributed by atoms with Gasteiger partial charge < -0.3 is 15.0 Å². The first kappa shape index (κ1) is 13.9. The number of nitrogens with one attached hydrogen (secondary N) is 1. The number of nitrogens with zero attached hydrogens (tertiary/aromatic N) is 3. The zero-order valence-electron chi connectivity index (χ0n) is 10.9. The van der Waals surface area contributed by atoms with Crippen molar-refractivity contribution in [3.63, 3.8) is 0 Å². The minimum absolute atomic E-state index is 0.662. The van der Waals surface area contributed by atoms with Crippen molar-refractivity contribution in [3.05, 3.63) is 18.1 Å². The predicted octanol–water partition coefficient (Wildman–Crippen LogP) is 0.917. The van der Waals surface area contributed by atoms with Crippen LogP contribution in [0.3, 0.4) is 0 Å². The van der Waals surface area contributed by atoms with Crippen LogP contribution in [0.25, 0.3) is 0 Å². The standard InChI is InChI=1S/C12H22N4O/c1-4-16(5-2)6-7-17-12-11(8-13-3)9-14-10-15-12/h9-10,13H,4-8H2,1-3H3. The average molecular weight is 238 g/mol. The Labute approximate surface area is 103 Å². The van der Waals surface area contributed by atoms with Gasteiger partial charge in [0, 0.05) is 24.8 Å². The third kappa shape index (κ3) is 4.66. The molecule has 0 atom stereocenters. The number of hydrogen-bond acceptors (Lipinski definition) is 5. The van der Waals surface area contributed by atoms with E-state index in [4.69, 9.17) is 4.74 Å². The predicted molar refractivity (Wildman–Crippen MR) is 68.1 cm³/mol. The summed E-state index contributed by atoms with van der Waals surface area (Å²) in [6.45, 7) is 8.72. The third-order valence-corrected chi connectivity index (χ3v) is 2.65. The lowest BCUT2D eigenvalue weighted by molar-refractivity contribution is 0.216. The minimum atomic E-state index is 0.662. The molecule has 0 aromatic carbocycles. The van der Waals surface area contributed by atoms with Gasteiger partial charge in [-0.05, 0) is 20.1 Å². The van der Waals surface area contributed by atoms with E-state index in [0.717, 1.165) is 31.7 Å². The molecule has 1 rings (SSSR count). The maximum atomic E-state index is 5.69. The summed E-state index contributed by atoms with van der Waals surface area (Å²) in [4.78, 5) is 10.5. The summed E-state index contributed by atoms with van der Waals surface area (Å²) in [5.74, 6) is 0.682. The van der Waals surface area contributed by atoms with Crippen molar-refractivity contribution in [2.24, 2.45) is 0 Å². The highest BCUT2D eigenvalue weighted by atomic mass is 16.5. The molecule has 0 aliphatic carbocycles. The van der Waals surface area contributed by atoms with Crippen molar-refractivity contribution in [2.75, 3.05) is 33.3 Å². The molecule has 0 aliphatic heterocycles. The van der Waals surface area contributed by atoms with E-state index in [1.165, 1.54) is 6.33 Å². The van der Waals surface area contributed by atoms with E-state index >= 15 is 0 Å². The molecule has 0 amide bonds. The molecule has 1 aromatic rings. The second-order valence-electron chi connectivity index (χ2n) is 3.76. The van der Waals surface area contributed by atoms with E-state index in [0.29, 0.717) is 12.5 Å². The van der Waals surface area contributed by atoms with Gasteiger partial charge in [-0.3, -0.25) is 0 Å². The smallest absolute Gasteiger partial charge is 0.220 e. The molecule has 96 valence electrons. The number of rotatable bonds is 8. The van der Waals surface area contributed by atoms with Crippen molar-refractivity contribution < 1.29 is 4.74 Å². The fourth-order valence-corrected chi connectivity index (χ4v) is 1.60. The molecule has 0 aliphatic rings. The normalized spacial score (nSPS) is 10.8. The first-order valence-electron chi connectivity index (χ1n) is 6.10. The Balaban J connectivity index is 2.45. The minimum Gasteiger partial charge on any atom is -0.476 e. The van der Waals surface area contributed by atoms with Gasteiger partial charge in [-0.1, -0.05) is 13.8 Å². The third-order valence-electron chi connectivity index (χ3n) is 2.65. The Bertz CT molecular complexity index is 315. The van der Waals surface area contributed by atoms with Crippen molar-refractivity contribution in [2.45, 2.75) is 20.4 Å². The Kier molecular flexibility index (Phi) is 6.50. The molecule has 5 heteroatoms. The number of aromatic nitrogens is 2. The van der Waals surface area contributed by atoms with Gasteiger partial charge in [0.1, 0.15) is 12.9 Å². The van der Waals surface area contributed by atoms with Gasteiger partial charge >= 0.3 is 0 Å². The SMILES string of the molecule is CCN(CC)CCOc1ncncc1CNC. The maximum absolute atomic E-state index is 5.69. The molecule has 1 heterocycles. The summed E-state index contributed by atoms with van der Waals surface area (Å²) in [6, 6.07) is 0. The topological polar surface area (TPSA) is 50.3 Å². The van der Waals surface area contributed by atoms with E-state index in [2.05, 4.69) is 34.0 Å². The summed E-state index contributed by atoms with van der Waals surface area (Å²) >= 11 is 0. The van der Waals surface area contributed by atoms with E-state index in [-0.39, 0.29) is 0 Å². The molecule has 0 fully saturated rings. The summed E-state index contributed by atoms with van der Waals surface area (Å²) < 4.78 is 5.69. The van der Waals surface area contributed by atoms with E-state index in [1.54, 1.807) is 6.20 Å². The van der Waals surface area contributed by atoms with Crippen LogP contribution in [0.1, 0.15) is 19.4 Å². The number of hydrogen-bond donors (Lipinski definition) is 1. The van der Waals surface area contributed by atoms with Gasteiger partial charge in [-0.25, -0.2) is 9.97 Å². The van der Waals surface area contributed by atoms with Crippen LogP contribution in [0.15, 0.2) is 12.5 Å². The quantitative estimate of drug-likeness (QED) is 0.729. The molecule has 0 unspecified atom stereocenters. The number of likely N-dealkylation sites (N-methyl/N-ethyl adjacent to an activating group) is 1. The highest BCUT2D eigenvalue weighted by Crippen LogP contribution is 2.12. The average Bonchev–Trinajstić information content (AvgIpc) is 2.37. The molecule has 1 aromatic heterocycles. The van der Waals surface area contributed by atoms with Crippen molar-refractivity contribution in [1.82, 2.24) is 20.2 Å². The molecule has 0 spiro atoms. The van der Waals surface area contributed by atoms with Crippen LogP contribution in [0.2, 0.25) is 0 Å². The van der Waals surface area contributed by atoms with Gasteiger partial charge in [0.25, 0.3) is 0 Å². The fourth-order valence-electron chi connectivity index (χ4n) is 1.60. The van der Waals surface area contributed by atoms with Crippen LogP contribution in [0, 0.1) is 0 Å². The zero-order valence-corrected chi connectivity index (χ0v) is 10.9. The highest BCUT2D eigenvalue weighted by molar-refractivity contribution is 5.21. The molecule has 17 heavy (non-hydrogen) atoms. The van der Waals surface area contributed by atoms with Gasteiger partial charge in [-0.2, -0.15) is 0 Å². The Hall–Kier alpha value is -1.20. The van der Waals surface area contributed by atoms with Crippen LogP contribution < -0.4 is 10.1 Å². The highest BCUT2D eigenvalue weighted by Gasteiger charge is 2.05. The second-order valence-corrected chi connectivity index (χ2v) is 3.76. The molecular formula is C12H22N4O. The van der Waals surface area contributed by atoms with Crippen LogP contribution in [0.4, 0.5) is 0 Å². The molecule has 1 N–H and O–H groups in total. The van der Waals surface area contributed by atoms with Crippen molar-refractivity contribution in [3.8, 4) is 5.88 Å². The fraction of sp³-hybridized carbons (Fsp3) is 0.667. The van der Waals surface area contributed by atoms with Crippen molar-refractivity contribution in [1.29, 1.82) is 0 Å². The molecular weight excluding hydrogens is 216 g/mol. The second kappa shape index (κ2) is 7.97. The van der Waals surface area contributed by atoms with Crippen LogP contribution in [0.5, 0.6) is 5.88 Å². The Morgan fingerprint density at radius 3 is 2.76 bits per heavy atom. The van der Waals surface area contributed by atoms with Gasteiger partial charge in [-0.15, -0.1) is 0 Å². The first-order valence-corrected chi connectivity index (χ1v) is 6.10. The first-order chi connectivity index (χ1) is 8.31. The molecule has 0 saturated heterocycles. The Morgan fingerprint density at radius 1 is 1.35 bits per heavy atom. The van der Waals surface area contributed by atoms with E-state index < -0.39 is 0 Å². The maximum Gasteiger partial charge on any atom is 0.220 e. The van der Waals surface area contributed by atoms with Crippen LogP contribution in [-0.4, -0.2) is 48.2 Å². The van der Waals surface area contributed by atoms with Crippen LogP contribution in [-0.2, 0) is 6.54 Å².